The first-order valence-electron chi connectivity index (χ1n) is 10.6. The Kier molecular flexibility index (Phi) is 5.94. The maximum atomic E-state index is 13.1. The van der Waals surface area contributed by atoms with Crippen LogP contribution in [0.5, 0.6) is 5.75 Å². The van der Waals surface area contributed by atoms with E-state index in [4.69, 9.17) is 9.47 Å². The van der Waals surface area contributed by atoms with Crippen molar-refractivity contribution >= 4 is 21.6 Å². The Bertz CT molecular complexity index is 1080. The Balaban J connectivity index is 1.51. The van der Waals surface area contributed by atoms with Gasteiger partial charge in [0.15, 0.2) is 0 Å². The number of hydrogen-bond donors (Lipinski definition) is 2. The highest BCUT2D eigenvalue weighted by molar-refractivity contribution is 7.92. The van der Waals surface area contributed by atoms with Crippen molar-refractivity contribution in [2.75, 3.05) is 17.9 Å². The molecule has 0 spiro atoms. The Hall–Kier alpha value is -2.58. The topological polar surface area (TPSA) is 93.7 Å². The van der Waals surface area contributed by atoms with Gasteiger partial charge in [0.1, 0.15) is 11.4 Å². The van der Waals surface area contributed by atoms with Crippen molar-refractivity contribution in [2.45, 2.75) is 56.1 Å². The van der Waals surface area contributed by atoms with Gasteiger partial charge >= 0.3 is 0 Å². The van der Waals surface area contributed by atoms with E-state index in [1.807, 2.05) is 13.8 Å². The van der Waals surface area contributed by atoms with Crippen LogP contribution in [0.25, 0.3) is 0 Å². The third-order valence-electron chi connectivity index (χ3n) is 5.66. The molecule has 31 heavy (non-hydrogen) atoms. The first kappa shape index (κ1) is 21.6. The zero-order chi connectivity index (χ0) is 22.1. The molecule has 2 aromatic carbocycles. The Morgan fingerprint density at radius 3 is 2.77 bits per heavy atom. The van der Waals surface area contributed by atoms with Crippen LogP contribution < -0.4 is 14.8 Å². The molecule has 2 N–H and O–H groups in total. The number of fused-ring (bicyclic) bond motifs is 1. The van der Waals surface area contributed by atoms with Gasteiger partial charge in [-0.2, -0.15) is 0 Å². The van der Waals surface area contributed by atoms with Crippen LogP contribution >= 0.6 is 0 Å². The first-order valence-corrected chi connectivity index (χ1v) is 12.1. The van der Waals surface area contributed by atoms with Crippen LogP contribution in [0, 0.1) is 0 Å². The van der Waals surface area contributed by atoms with Gasteiger partial charge < -0.3 is 14.8 Å². The monoisotopic (exact) mass is 444 g/mol. The Morgan fingerprint density at radius 2 is 2.00 bits per heavy atom. The number of benzene rings is 2. The molecule has 1 fully saturated rings. The van der Waals surface area contributed by atoms with Crippen LogP contribution in [-0.4, -0.2) is 39.2 Å². The van der Waals surface area contributed by atoms with Gasteiger partial charge in [-0.25, -0.2) is 8.42 Å². The summed E-state index contributed by atoms with van der Waals surface area (Å²) in [4.78, 5) is 12.8. The zero-order valence-electron chi connectivity index (χ0n) is 17.8. The third-order valence-corrected chi connectivity index (χ3v) is 7.02. The van der Waals surface area contributed by atoms with Gasteiger partial charge in [0, 0.05) is 13.2 Å². The molecule has 2 heterocycles. The van der Waals surface area contributed by atoms with Crippen LogP contribution in [0.1, 0.15) is 49.0 Å². The van der Waals surface area contributed by atoms with Gasteiger partial charge in [0.2, 0.25) is 0 Å². The summed E-state index contributed by atoms with van der Waals surface area (Å²) < 4.78 is 40.2. The fraction of sp³-hybridized carbons (Fsp3) is 0.435. The number of sulfonamides is 1. The van der Waals surface area contributed by atoms with E-state index in [-0.39, 0.29) is 33.8 Å². The number of carbonyl (C=O) groups is 1. The lowest BCUT2D eigenvalue weighted by Gasteiger charge is -2.32. The number of aryl methyl sites for hydroxylation is 1. The predicted molar refractivity (Wildman–Crippen MR) is 118 cm³/mol. The van der Waals surface area contributed by atoms with Crippen molar-refractivity contribution in [1.82, 2.24) is 5.32 Å². The van der Waals surface area contributed by atoms with Gasteiger partial charge in [-0.15, -0.1) is 0 Å². The Labute approximate surface area is 183 Å². The molecule has 2 aromatic rings. The molecule has 2 aliphatic rings. The average molecular weight is 445 g/mol. The van der Waals surface area contributed by atoms with Crippen molar-refractivity contribution in [1.29, 1.82) is 0 Å². The minimum absolute atomic E-state index is 0.00972. The van der Waals surface area contributed by atoms with E-state index >= 15 is 0 Å². The maximum Gasteiger partial charge on any atom is 0.261 e. The number of rotatable bonds is 6. The summed E-state index contributed by atoms with van der Waals surface area (Å²) in [6.07, 6.45) is 3.46. The van der Waals surface area contributed by atoms with Crippen molar-refractivity contribution < 1.29 is 22.7 Å². The van der Waals surface area contributed by atoms with Crippen LogP contribution in [-0.2, 0) is 21.2 Å². The van der Waals surface area contributed by atoms with Gasteiger partial charge in [-0.3, -0.25) is 9.52 Å². The molecule has 1 atom stereocenters. The number of ether oxygens (including phenoxy) is 2. The number of nitrogens with one attached hydrogen (secondary N) is 2. The zero-order valence-corrected chi connectivity index (χ0v) is 18.6. The Morgan fingerprint density at radius 1 is 1.19 bits per heavy atom. The summed E-state index contributed by atoms with van der Waals surface area (Å²) in [5.41, 5.74) is 1.11. The molecule has 1 saturated heterocycles. The first-order chi connectivity index (χ1) is 14.7. The van der Waals surface area contributed by atoms with Gasteiger partial charge in [-0.05, 0) is 75.4 Å². The van der Waals surface area contributed by atoms with Crippen LogP contribution in [0.15, 0.2) is 47.4 Å². The molecule has 0 bridgehead atoms. The SMILES string of the molecule is CC1(C)CCc2cc(S(=O)(=O)Nc3ccccc3C(=O)NC[C@@H]3CCCO3)ccc2O1. The molecular weight excluding hydrogens is 416 g/mol. The lowest BCUT2D eigenvalue weighted by atomic mass is 9.94. The molecule has 2 aliphatic heterocycles. The van der Waals surface area contributed by atoms with E-state index in [2.05, 4.69) is 10.0 Å². The number of hydrogen-bond acceptors (Lipinski definition) is 5. The second-order valence-electron chi connectivity index (χ2n) is 8.63. The van der Waals surface area contributed by atoms with Crippen molar-refractivity contribution in [2.24, 2.45) is 0 Å². The normalized spacial score (nSPS) is 19.9. The van der Waals surface area contributed by atoms with E-state index < -0.39 is 10.0 Å². The van der Waals surface area contributed by atoms with Gasteiger partial charge in [-0.1, -0.05) is 12.1 Å². The average Bonchev–Trinajstić information content (AvgIpc) is 3.25. The van der Waals surface area contributed by atoms with Crippen LogP contribution in [0.2, 0.25) is 0 Å². The lowest BCUT2D eigenvalue weighted by molar-refractivity contribution is 0.0844. The van der Waals surface area contributed by atoms with E-state index in [1.165, 1.54) is 6.07 Å². The minimum Gasteiger partial charge on any atom is -0.488 e. The highest BCUT2D eigenvalue weighted by Gasteiger charge is 2.28. The van der Waals surface area contributed by atoms with E-state index in [0.29, 0.717) is 18.9 Å². The second-order valence-corrected chi connectivity index (χ2v) is 10.3. The fourth-order valence-corrected chi connectivity index (χ4v) is 5.01. The molecule has 1 amide bonds. The van der Waals surface area contributed by atoms with E-state index in [1.54, 1.807) is 36.4 Å². The molecule has 166 valence electrons. The highest BCUT2D eigenvalue weighted by atomic mass is 32.2. The minimum atomic E-state index is -3.87. The molecule has 8 heteroatoms. The summed E-state index contributed by atoms with van der Waals surface area (Å²) >= 11 is 0. The maximum absolute atomic E-state index is 13.1. The molecule has 0 saturated carbocycles. The van der Waals surface area contributed by atoms with Crippen molar-refractivity contribution in [3.8, 4) is 5.75 Å². The number of carbonyl (C=O) groups excluding carboxylic acids is 1. The molecule has 0 aromatic heterocycles. The smallest absolute Gasteiger partial charge is 0.261 e. The summed E-state index contributed by atoms with van der Waals surface area (Å²) in [5, 5.41) is 2.84. The van der Waals surface area contributed by atoms with E-state index in [0.717, 1.165) is 31.2 Å². The molecular formula is C23H28N2O5S. The summed E-state index contributed by atoms with van der Waals surface area (Å²) in [5.74, 6) is 0.374. The second kappa shape index (κ2) is 8.51. The van der Waals surface area contributed by atoms with Crippen LogP contribution in [0.4, 0.5) is 5.69 Å². The van der Waals surface area contributed by atoms with Gasteiger partial charge in [0.05, 0.1) is 22.3 Å². The summed E-state index contributed by atoms with van der Waals surface area (Å²) in [7, 11) is -3.87. The number of para-hydroxylation sites is 1. The molecule has 0 aliphatic carbocycles. The predicted octanol–water partition coefficient (Wildman–Crippen LogP) is 3.50. The largest absolute Gasteiger partial charge is 0.488 e. The molecule has 4 rings (SSSR count). The fourth-order valence-electron chi connectivity index (χ4n) is 3.88. The van der Waals surface area contributed by atoms with Crippen LogP contribution in [0.3, 0.4) is 0 Å². The van der Waals surface area contributed by atoms with Gasteiger partial charge in [0.25, 0.3) is 15.9 Å². The highest BCUT2D eigenvalue weighted by Crippen LogP contribution is 2.34. The standard InChI is InChI=1S/C23H28N2O5S/c1-23(2)12-11-16-14-18(9-10-21(16)30-23)31(27,28)25-20-8-4-3-7-19(20)22(26)24-15-17-6-5-13-29-17/h3-4,7-10,14,17,25H,5-6,11-13,15H2,1-2H3,(H,24,26)/t17-/m0/s1. The number of anilines is 1. The summed E-state index contributed by atoms with van der Waals surface area (Å²) in [6, 6.07) is 11.5. The molecule has 7 nitrogen and oxygen atoms in total. The molecule has 0 unspecified atom stereocenters. The number of amides is 1. The lowest BCUT2D eigenvalue weighted by Crippen LogP contribution is -2.33. The summed E-state index contributed by atoms with van der Waals surface area (Å²) in [6.45, 7) is 5.15. The molecule has 0 radical (unpaired) electrons. The quantitative estimate of drug-likeness (QED) is 0.711. The third kappa shape index (κ3) is 5.02. The van der Waals surface area contributed by atoms with E-state index in [9.17, 15) is 13.2 Å². The van der Waals surface area contributed by atoms with Crippen molar-refractivity contribution in [3.63, 3.8) is 0 Å². The van der Waals surface area contributed by atoms with Crippen molar-refractivity contribution in [3.05, 3.63) is 53.6 Å².